The van der Waals surface area contributed by atoms with Crippen LogP contribution in [0.3, 0.4) is 0 Å². The van der Waals surface area contributed by atoms with Gasteiger partial charge in [0.25, 0.3) is 5.91 Å². The zero-order valence-electron chi connectivity index (χ0n) is 8.51. The summed E-state index contributed by atoms with van der Waals surface area (Å²) in [6.07, 6.45) is -0.575. The molecular formula is C10H10BrFN2O2. The number of nitrogens with one attached hydrogen (secondary N) is 2. The first kappa shape index (κ1) is 11.3. The van der Waals surface area contributed by atoms with Crippen LogP contribution in [0.4, 0.5) is 15.8 Å². The lowest BCUT2D eigenvalue weighted by atomic mass is 10.2. The minimum absolute atomic E-state index is 0.243. The monoisotopic (exact) mass is 288 g/mol. The highest BCUT2D eigenvalue weighted by Gasteiger charge is 2.23. The normalized spacial score (nSPS) is 19.4. The molecular weight excluding hydrogens is 279 g/mol. The van der Waals surface area contributed by atoms with Crippen LogP contribution in [0.5, 0.6) is 0 Å². The van der Waals surface area contributed by atoms with Gasteiger partial charge >= 0.3 is 0 Å². The first-order valence-electron chi connectivity index (χ1n) is 4.68. The predicted molar refractivity (Wildman–Crippen MR) is 62.0 cm³/mol. The zero-order valence-corrected chi connectivity index (χ0v) is 10.1. The summed E-state index contributed by atoms with van der Waals surface area (Å²) in [5, 5.41) is 5.62. The van der Waals surface area contributed by atoms with E-state index in [1.165, 1.54) is 19.2 Å². The van der Waals surface area contributed by atoms with Crippen LogP contribution in [0.15, 0.2) is 16.6 Å². The van der Waals surface area contributed by atoms with Gasteiger partial charge in [0.05, 0.1) is 22.4 Å². The summed E-state index contributed by atoms with van der Waals surface area (Å²) in [5.41, 5.74) is 1.09. The summed E-state index contributed by atoms with van der Waals surface area (Å²) in [6, 6.07) is 2.85. The van der Waals surface area contributed by atoms with E-state index in [1.54, 1.807) is 0 Å². The fourth-order valence-electron chi connectivity index (χ4n) is 1.50. The molecule has 1 unspecified atom stereocenters. The van der Waals surface area contributed by atoms with Gasteiger partial charge in [0.15, 0.2) is 6.10 Å². The molecule has 0 spiro atoms. The summed E-state index contributed by atoms with van der Waals surface area (Å²) >= 11 is 3.07. The maximum atomic E-state index is 13.3. The van der Waals surface area contributed by atoms with E-state index in [9.17, 15) is 9.18 Å². The molecule has 1 aliphatic heterocycles. The molecule has 86 valence electrons. The summed E-state index contributed by atoms with van der Waals surface area (Å²) in [4.78, 5) is 11.6. The first-order valence-corrected chi connectivity index (χ1v) is 5.47. The zero-order chi connectivity index (χ0) is 11.7. The number of carbonyl (C=O) groups is 1. The third kappa shape index (κ3) is 2.03. The number of amides is 1. The van der Waals surface area contributed by atoms with E-state index >= 15 is 0 Å². The highest BCUT2D eigenvalue weighted by molar-refractivity contribution is 9.10. The highest BCUT2D eigenvalue weighted by atomic mass is 79.9. The van der Waals surface area contributed by atoms with E-state index in [4.69, 9.17) is 4.74 Å². The van der Waals surface area contributed by atoms with Gasteiger partial charge in [-0.3, -0.25) is 4.79 Å². The van der Waals surface area contributed by atoms with Gasteiger partial charge in [0.2, 0.25) is 0 Å². The molecule has 1 amide bonds. The molecule has 1 heterocycles. The number of carbonyl (C=O) groups excluding carboxylic acids is 1. The van der Waals surface area contributed by atoms with Crippen molar-refractivity contribution in [1.82, 2.24) is 0 Å². The van der Waals surface area contributed by atoms with Gasteiger partial charge in [-0.1, -0.05) is 0 Å². The summed E-state index contributed by atoms with van der Waals surface area (Å²) < 4.78 is 18.6. The number of rotatable bonds is 1. The highest BCUT2D eigenvalue weighted by Crippen LogP contribution is 2.30. The number of hydrogen-bond acceptors (Lipinski definition) is 3. The van der Waals surface area contributed by atoms with Gasteiger partial charge in [0.1, 0.15) is 5.82 Å². The van der Waals surface area contributed by atoms with Crippen LogP contribution in [-0.2, 0) is 9.53 Å². The summed E-state index contributed by atoms with van der Waals surface area (Å²) in [5.74, 6) is -0.622. The van der Waals surface area contributed by atoms with Gasteiger partial charge in [-0.2, -0.15) is 0 Å². The summed E-state index contributed by atoms with van der Waals surface area (Å²) in [7, 11) is 1.46. The molecule has 1 aromatic rings. The molecule has 1 aliphatic rings. The lowest BCUT2D eigenvalue weighted by molar-refractivity contribution is -0.124. The molecule has 0 aliphatic carbocycles. The van der Waals surface area contributed by atoms with Crippen LogP contribution in [-0.4, -0.2) is 25.7 Å². The van der Waals surface area contributed by atoms with Crippen molar-refractivity contribution < 1.29 is 13.9 Å². The lowest BCUT2D eigenvalue weighted by Gasteiger charge is -2.09. The average Bonchev–Trinajstić information content (AvgIpc) is 2.38. The Hall–Kier alpha value is -1.14. The van der Waals surface area contributed by atoms with Crippen molar-refractivity contribution in [2.24, 2.45) is 0 Å². The van der Waals surface area contributed by atoms with Crippen molar-refractivity contribution in [3.8, 4) is 0 Å². The molecule has 2 N–H and O–H groups in total. The number of halogens is 2. The van der Waals surface area contributed by atoms with Crippen LogP contribution < -0.4 is 10.6 Å². The number of hydrogen-bond donors (Lipinski definition) is 2. The summed E-state index contributed by atoms with van der Waals surface area (Å²) in [6.45, 7) is 0.316. The third-order valence-electron chi connectivity index (χ3n) is 2.37. The van der Waals surface area contributed by atoms with Crippen LogP contribution >= 0.6 is 15.9 Å². The number of anilines is 2. The van der Waals surface area contributed by atoms with Gasteiger partial charge in [0, 0.05) is 13.2 Å². The topological polar surface area (TPSA) is 50.4 Å². The van der Waals surface area contributed by atoms with Crippen molar-refractivity contribution in [3.63, 3.8) is 0 Å². The van der Waals surface area contributed by atoms with Crippen LogP contribution in [0.1, 0.15) is 0 Å². The second-order valence-corrected chi connectivity index (χ2v) is 4.26. The Morgan fingerprint density at radius 2 is 2.25 bits per heavy atom. The fourth-order valence-corrected chi connectivity index (χ4v) is 1.84. The van der Waals surface area contributed by atoms with Crippen LogP contribution in [0, 0.1) is 5.82 Å². The Kier molecular flexibility index (Phi) is 3.11. The van der Waals surface area contributed by atoms with E-state index in [-0.39, 0.29) is 11.7 Å². The molecule has 1 aromatic carbocycles. The number of benzene rings is 1. The largest absolute Gasteiger partial charge is 0.380 e. The maximum absolute atomic E-state index is 13.3. The standard InChI is InChI=1S/C10H10BrFN2O2/c1-16-9-4-13-7-3-6(12)5(11)2-8(7)14-10(9)15/h2-3,9,13H,4H2,1H3,(H,14,15). The Morgan fingerprint density at radius 1 is 1.50 bits per heavy atom. The quantitative estimate of drug-likeness (QED) is 0.831. The minimum atomic E-state index is -0.575. The third-order valence-corrected chi connectivity index (χ3v) is 2.98. The van der Waals surface area contributed by atoms with E-state index < -0.39 is 6.10 Å². The average molecular weight is 289 g/mol. The van der Waals surface area contributed by atoms with Crippen molar-refractivity contribution in [2.45, 2.75) is 6.10 Å². The smallest absolute Gasteiger partial charge is 0.255 e. The van der Waals surface area contributed by atoms with Crippen molar-refractivity contribution in [2.75, 3.05) is 24.3 Å². The first-order chi connectivity index (χ1) is 7.61. The van der Waals surface area contributed by atoms with Gasteiger partial charge in [-0.15, -0.1) is 0 Å². The van der Waals surface area contributed by atoms with Gasteiger partial charge in [-0.25, -0.2) is 4.39 Å². The van der Waals surface area contributed by atoms with Crippen LogP contribution in [0.2, 0.25) is 0 Å². The van der Waals surface area contributed by atoms with Crippen molar-refractivity contribution in [3.05, 3.63) is 22.4 Å². The maximum Gasteiger partial charge on any atom is 0.255 e. The van der Waals surface area contributed by atoms with Crippen molar-refractivity contribution >= 4 is 33.2 Å². The lowest BCUT2D eigenvalue weighted by Crippen LogP contribution is -2.32. The molecule has 0 radical (unpaired) electrons. The minimum Gasteiger partial charge on any atom is -0.380 e. The predicted octanol–water partition coefficient (Wildman–Crippen LogP) is 1.97. The Balaban J connectivity index is 2.37. The van der Waals surface area contributed by atoms with E-state index in [0.717, 1.165) is 0 Å². The van der Waals surface area contributed by atoms with Crippen molar-refractivity contribution in [1.29, 1.82) is 0 Å². The molecule has 0 bridgehead atoms. The molecule has 4 nitrogen and oxygen atoms in total. The number of ether oxygens (including phenoxy) is 1. The second-order valence-electron chi connectivity index (χ2n) is 3.41. The fraction of sp³-hybridized carbons (Fsp3) is 0.300. The molecule has 6 heteroatoms. The van der Waals surface area contributed by atoms with Crippen LogP contribution in [0.25, 0.3) is 0 Å². The molecule has 16 heavy (non-hydrogen) atoms. The SMILES string of the molecule is COC1CNc2cc(F)c(Br)cc2NC1=O. The molecule has 0 fully saturated rings. The van der Waals surface area contributed by atoms with E-state index in [2.05, 4.69) is 26.6 Å². The molecule has 0 saturated heterocycles. The molecule has 0 aromatic heterocycles. The van der Waals surface area contributed by atoms with Gasteiger partial charge < -0.3 is 15.4 Å². The van der Waals surface area contributed by atoms with Gasteiger partial charge in [-0.05, 0) is 22.0 Å². The molecule has 1 atom stereocenters. The Labute approximate surface area is 100 Å². The Morgan fingerprint density at radius 3 is 2.94 bits per heavy atom. The Bertz CT molecular complexity index is 439. The second kappa shape index (κ2) is 4.39. The molecule has 0 saturated carbocycles. The van der Waals surface area contributed by atoms with E-state index in [0.29, 0.717) is 22.4 Å². The molecule has 2 rings (SSSR count). The number of fused-ring (bicyclic) bond motifs is 1. The van der Waals surface area contributed by atoms with E-state index in [1.807, 2.05) is 0 Å². The number of methoxy groups -OCH3 is 1.